The molecule has 0 unspecified atom stereocenters. The molecule has 17 heavy (non-hydrogen) atoms. The van der Waals surface area contributed by atoms with Crippen LogP contribution in [0.5, 0.6) is 5.75 Å². The van der Waals surface area contributed by atoms with Crippen LogP contribution >= 0.6 is 15.9 Å². The first-order valence-electron chi connectivity index (χ1n) is 4.08. The van der Waals surface area contributed by atoms with Gasteiger partial charge in [-0.3, -0.25) is 10.1 Å². The van der Waals surface area contributed by atoms with Gasteiger partial charge in [-0.2, -0.15) is 13.2 Å². The maximum atomic E-state index is 13.2. The number of nitro groups is 1. The average Bonchev–Trinajstić information content (AvgIpc) is 2.14. The van der Waals surface area contributed by atoms with Crippen LogP contribution in [0.3, 0.4) is 0 Å². The van der Waals surface area contributed by atoms with Gasteiger partial charge in [-0.1, -0.05) is 15.9 Å². The lowest BCUT2D eigenvalue weighted by molar-refractivity contribution is -0.390. The van der Waals surface area contributed by atoms with Crippen LogP contribution < -0.4 is 4.74 Å². The van der Waals surface area contributed by atoms with Crippen molar-refractivity contribution in [1.29, 1.82) is 0 Å². The van der Waals surface area contributed by atoms with Gasteiger partial charge in [0.05, 0.1) is 4.92 Å². The summed E-state index contributed by atoms with van der Waals surface area (Å²) in [6.07, 6.45) is -4.03. The highest BCUT2D eigenvalue weighted by atomic mass is 79.9. The van der Waals surface area contributed by atoms with Crippen molar-refractivity contribution in [2.75, 3.05) is 6.61 Å². The summed E-state index contributed by atoms with van der Waals surface area (Å²) in [5.74, 6) is -2.30. The third kappa shape index (κ3) is 3.30. The highest BCUT2D eigenvalue weighted by molar-refractivity contribution is 9.10. The molecule has 1 N–H and O–H groups in total. The molecule has 94 valence electrons. The molecular formula is C8H5BrF3NO4. The molecule has 0 amide bonds. The molecule has 1 rings (SSSR count). The zero-order valence-corrected chi connectivity index (χ0v) is 9.58. The standard InChI is InChI=1S/C8H5BrF3NO4/c9-4-1-5(10)7(13(15)16)6(2-4)17-8(11,12)3-14/h1-2,14H,3H2. The smallest absolute Gasteiger partial charge is 0.421 e. The maximum Gasteiger partial charge on any atom is 0.421 e. The first-order valence-corrected chi connectivity index (χ1v) is 4.87. The second-order valence-electron chi connectivity index (χ2n) is 2.89. The Morgan fingerprint density at radius 3 is 2.59 bits per heavy atom. The van der Waals surface area contributed by atoms with Crippen LogP contribution in [0, 0.1) is 15.9 Å². The van der Waals surface area contributed by atoms with Gasteiger partial charge in [0.25, 0.3) is 0 Å². The fourth-order valence-corrected chi connectivity index (χ4v) is 1.40. The van der Waals surface area contributed by atoms with Crippen molar-refractivity contribution in [2.24, 2.45) is 0 Å². The number of rotatable bonds is 4. The van der Waals surface area contributed by atoms with Crippen molar-refractivity contribution in [3.63, 3.8) is 0 Å². The van der Waals surface area contributed by atoms with Crippen LogP contribution in [-0.2, 0) is 0 Å². The van der Waals surface area contributed by atoms with Crippen molar-refractivity contribution in [1.82, 2.24) is 0 Å². The molecular weight excluding hydrogens is 311 g/mol. The Morgan fingerprint density at radius 2 is 2.12 bits per heavy atom. The first kappa shape index (κ1) is 13.7. The topological polar surface area (TPSA) is 72.6 Å². The number of nitrogens with zero attached hydrogens (tertiary/aromatic N) is 1. The second kappa shape index (κ2) is 4.88. The van der Waals surface area contributed by atoms with Crippen LogP contribution in [0.25, 0.3) is 0 Å². The Kier molecular flexibility index (Phi) is 3.94. The predicted octanol–water partition coefficient (Wildman–Crippen LogP) is 2.46. The van der Waals surface area contributed by atoms with Gasteiger partial charge in [0.2, 0.25) is 11.6 Å². The quantitative estimate of drug-likeness (QED) is 0.684. The van der Waals surface area contributed by atoms with E-state index in [1.165, 1.54) is 0 Å². The molecule has 0 aliphatic heterocycles. The number of alkyl halides is 2. The first-order chi connectivity index (χ1) is 7.76. The van der Waals surface area contributed by atoms with Crippen molar-refractivity contribution in [3.8, 4) is 5.75 Å². The number of benzene rings is 1. The fourth-order valence-electron chi connectivity index (χ4n) is 0.991. The van der Waals surface area contributed by atoms with E-state index in [0.717, 1.165) is 12.1 Å². The van der Waals surface area contributed by atoms with Crippen LogP contribution in [0.4, 0.5) is 18.9 Å². The third-order valence-corrected chi connectivity index (χ3v) is 2.08. The molecule has 9 heteroatoms. The molecule has 1 aromatic carbocycles. The molecule has 0 spiro atoms. The summed E-state index contributed by atoms with van der Waals surface area (Å²) in [7, 11) is 0. The van der Waals surface area contributed by atoms with E-state index in [1.54, 1.807) is 0 Å². The summed E-state index contributed by atoms with van der Waals surface area (Å²) >= 11 is 2.78. The Labute approximate surface area is 101 Å². The van der Waals surface area contributed by atoms with Gasteiger partial charge in [0, 0.05) is 10.5 Å². The summed E-state index contributed by atoms with van der Waals surface area (Å²) in [6, 6.07) is 1.55. The monoisotopic (exact) mass is 315 g/mol. The molecule has 0 radical (unpaired) electrons. The van der Waals surface area contributed by atoms with Crippen molar-refractivity contribution in [2.45, 2.75) is 6.11 Å². The molecule has 1 aromatic rings. The molecule has 0 saturated carbocycles. The number of nitro benzene ring substituents is 1. The van der Waals surface area contributed by atoms with Gasteiger partial charge in [0.15, 0.2) is 0 Å². The van der Waals surface area contributed by atoms with Gasteiger partial charge in [-0.15, -0.1) is 0 Å². The van der Waals surface area contributed by atoms with Crippen LogP contribution in [0.15, 0.2) is 16.6 Å². The molecule has 0 bridgehead atoms. The number of halogens is 4. The van der Waals surface area contributed by atoms with Crippen LogP contribution in [-0.4, -0.2) is 22.7 Å². The molecule has 0 saturated heterocycles. The molecule has 0 aromatic heterocycles. The minimum atomic E-state index is -4.03. The van der Waals surface area contributed by atoms with Gasteiger partial charge in [0.1, 0.15) is 6.61 Å². The van der Waals surface area contributed by atoms with Gasteiger partial charge < -0.3 is 9.84 Å². The van der Waals surface area contributed by atoms with Crippen LogP contribution in [0.1, 0.15) is 0 Å². The van der Waals surface area contributed by atoms with E-state index >= 15 is 0 Å². The number of ether oxygens (including phenoxy) is 1. The molecule has 0 fully saturated rings. The molecule has 0 aliphatic rings. The lowest BCUT2D eigenvalue weighted by atomic mass is 10.3. The van der Waals surface area contributed by atoms with Crippen LogP contribution in [0.2, 0.25) is 0 Å². The summed E-state index contributed by atoms with van der Waals surface area (Å²) in [5.41, 5.74) is -1.22. The molecule has 0 heterocycles. The second-order valence-corrected chi connectivity index (χ2v) is 3.80. The average molecular weight is 316 g/mol. The van der Waals surface area contributed by atoms with Gasteiger partial charge in [-0.05, 0) is 6.07 Å². The highest BCUT2D eigenvalue weighted by Crippen LogP contribution is 2.36. The van der Waals surface area contributed by atoms with E-state index in [4.69, 9.17) is 5.11 Å². The minimum absolute atomic E-state index is 0.00987. The Morgan fingerprint density at radius 1 is 1.53 bits per heavy atom. The zero-order chi connectivity index (χ0) is 13.2. The summed E-state index contributed by atoms with van der Waals surface area (Å²) < 4.78 is 42.5. The number of hydrogen-bond donors (Lipinski definition) is 1. The van der Waals surface area contributed by atoms with E-state index in [2.05, 4.69) is 20.7 Å². The van der Waals surface area contributed by atoms with E-state index in [-0.39, 0.29) is 4.47 Å². The van der Waals surface area contributed by atoms with Crippen molar-refractivity contribution >= 4 is 21.6 Å². The summed E-state index contributed by atoms with van der Waals surface area (Å²) in [4.78, 5) is 9.30. The van der Waals surface area contributed by atoms with Gasteiger partial charge >= 0.3 is 11.8 Å². The summed E-state index contributed by atoms with van der Waals surface area (Å²) in [6.45, 7) is -1.68. The fraction of sp³-hybridized carbons (Fsp3) is 0.250. The number of aliphatic hydroxyl groups excluding tert-OH is 1. The summed E-state index contributed by atoms with van der Waals surface area (Å²) in [5, 5.41) is 18.8. The largest absolute Gasteiger partial charge is 0.423 e. The Hall–Kier alpha value is -1.35. The Bertz CT molecular complexity index is 455. The molecule has 0 atom stereocenters. The minimum Gasteiger partial charge on any atom is -0.423 e. The van der Waals surface area contributed by atoms with E-state index in [9.17, 15) is 23.3 Å². The SMILES string of the molecule is O=[N+]([O-])c1c(F)cc(Br)cc1OC(F)(F)CO. The zero-order valence-electron chi connectivity index (χ0n) is 7.99. The van der Waals surface area contributed by atoms with Crippen molar-refractivity contribution in [3.05, 3.63) is 32.5 Å². The molecule has 5 nitrogen and oxygen atoms in total. The normalized spacial score (nSPS) is 11.4. The van der Waals surface area contributed by atoms with E-state index in [0.29, 0.717) is 0 Å². The lowest BCUT2D eigenvalue weighted by Crippen LogP contribution is -2.29. The van der Waals surface area contributed by atoms with Gasteiger partial charge in [-0.25, -0.2) is 0 Å². The number of aliphatic hydroxyl groups is 1. The predicted molar refractivity (Wildman–Crippen MR) is 53.4 cm³/mol. The highest BCUT2D eigenvalue weighted by Gasteiger charge is 2.35. The van der Waals surface area contributed by atoms with E-state index in [1.807, 2.05) is 0 Å². The lowest BCUT2D eigenvalue weighted by Gasteiger charge is -2.15. The van der Waals surface area contributed by atoms with E-state index < -0.39 is 34.9 Å². The maximum absolute atomic E-state index is 13.2. The Balaban J connectivity index is 3.26. The van der Waals surface area contributed by atoms with Crippen molar-refractivity contribution < 1.29 is 27.9 Å². The third-order valence-electron chi connectivity index (χ3n) is 1.62. The molecule has 0 aliphatic carbocycles. The number of hydrogen-bond acceptors (Lipinski definition) is 4.